The summed E-state index contributed by atoms with van der Waals surface area (Å²) in [6, 6.07) is 3.71. The van der Waals surface area contributed by atoms with Crippen LogP contribution in [-0.4, -0.2) is 36.5 Å². The first-order valence-electron chi connectivity index (χ1n) is 6.33. The number of hydrogen-bond donors (Lipinski definition) is 0. The average molecular weight is 346 g/mol. The van der Waals surface area contributed by atoms with Crippen molar-refractivity contribution in [3.05, 3.63) is 20.8 Å². The van der Waals surface area contributed by atoms with E-state index in [1.54, 1.807) is 0 Å². The molecule has 0 N–H and O–H groups in total. The van der Waals surface area contributed by atoms with Crippen LogP contribution in [-0.2, 0) is 9.53 Å². The second kappa shape index (κ2) is 6.52. The highest BCUT2D eigenvalue weighted by Gasteiger charge is 2.28. The Labute approximate surface area is 124 Å². The summed E-state index contributed by atoms with van der Waals surface area (Å²) >= 11 is 4.80. The molecule has 1 aliphatic heterocycles. The number of carbonyl (C=O) groups excluding carboxylic acids is 2. The maximum absolute atomic E-state index is 12.2. The lowest BCUT2D eigenvalue weighted by Crippen LogP contribution is -2.40. The van der Waals surface area contributed by atoms with Gasteiger partial charge in [0.2, 0.25) is 0 Å². The number of rotatable bonds is 3. The van der Waals surface area contributed by atoms with Gasteiger partial charge >= 0.3 is 5.97 Å². The normalized spacial score (nSPS) is 16.4. The summed E-state index contributed by atoms with van der Waals surface area (Å²) in [5, 5.41) is 0. The third-order valence-electron chi connectivity index (χ3n) is 3.19. The highest BCUT2D eigenvalue weighted by molar-refractivity contribution is 9.11. The van der Waals surface area contributed by atoms with E-state index in [4.69, 9.17) is 4.74 Å². The van der Waals surface area contributed by atoms with Gasteiger partial charge in [0.15, 0.2) is 0 Å². The molecule has 0 radical (unpaired) electrons. The lowest BCUT2D eigenvalue weighted by atomic mass is 9.97. The number of halogens is 1. The molecule has 1 aromatic rings. The van der Waals surface area contributed by atoms with E-state index in [-0.39, 0.29) is 17.8 Å². The molecule has 0 aliphatic carbocycles. The van der Waals surface area contributed by atoms with Crippen molar-refractivity contribution in [2.45, 2.75) is 19.8 Å². The Morgan fingerprint density at radius 1 is 1.42 bits per heavy atom. The first-order valence-corrected chi connectivity index (χ1v) is 7.94. The van der Waals surface area contributed by atoms with Crippen molar-refractivity contribution in [3.63, 3.8) is 0 Å². The van der Waals surface area contributed by atoms with Crippen molar-refractivity contribution in [3.8, 4) is 0 Å². The summed E-state index contributed by atoms with van der Waals surface area (Å²) in [7, 11) is 0. The fourth-order valence-electron chi connectivity index (χ4n) is 2.16. The van der Waals surface area contributed by atoms with Gasteiger partial charge in [-0.1, -0.05) is 0 Å². The summed E-state index contributed by atoms with van der Waals surface area (Å²) in [5.41, 5.74) is 0. The molecule has 0 spiro atoms. The number of piperidine rings is 1. The Bertz CT molecular complexity index is 466. The van der Waals surface area contributed by atoms with Crippen molar-refractivity contribution < 1.29 is 14.3 Å². The zero-order valence-electron chi connectivity index (χ0n) is 10.7. The van der Waals surface area contributed by atoms with Gasteiger partial charge in [0, 0.05) is 13.1 Å². The topological polar surface area (TPSA) is 46.6 Å². The van der Waals surface area contributed by atoms with Crippen LogP contribution in [0, 0.1) is 5.92 Å². The van der Waals surface area contributed by atoms with E-state index in [1.807, 2.05) is 24.0 Å². The Kier molecular flexibility index (Phi) is 4.99. The minimum atomic E-state index is -0.131. The van der Waals surface area contributed by atoms with Crippen LogP contribution in [0.25, 0.3) is 0 Å². The number of hydrogen-bond acceptors (Lipinski definition) is 4. The van der Waals surface area contributed by atoms with Gasteiger partial charge in [0.05, 0.1) is 21.2 Å². The monoisotopic (exact) mass is 345 g/mol. The first-order chi connectivity index (χ1) is 9.11. The standard InChI is InChI=1S/C13H16BrNO3S/c1-2-18-13(17)9-5-7-15(8-6-9)12(16)10-3-4-11(14)19-10/h3-4,9H,2,5-8H2,1H3. The van der Waals surface area contributed by atoms with Crippen molar-refractivity contribution >= 4 is 39.1 Å². The molecule has 1 amide bonds. The fraction of sp³-hybridized carbons (Fsp3) is 0.538. The van der Waals surface area contributed by atoms with Crippen LogP contribution in [0.4, 0.5) is 0 Å². The first kappa shape index (κ1) is 14.5. The van der Waals surface area contributed by atoms with E-state index >= 15 is 0 Å². The molecule has 2 rings (SSSR count). The Morgan fingerprint density at radius 2 is 2.11 bits per heavy atom. The predicted molar refractivity (Wildman–Crippen MR) is 77.3 cm³/mol. The van der Waals surface area contributed by atoms with Crippen LogP contribution >= 0.6 is 27.3 Å². The molecule has 0 aromatic carbocycles. The second-order valence-corrected chi connectivity index (χ2v) is 6.89. The molecule has 4 nitrogen and oxygen atoms in total. The minimum absolute atomic E-state index is 0.0537. The smallest absolute Gasteiger partial charge is 0.309 e. The Hall–Kier alpha value is -0.880. The summed E-state index contributed by atoms with van der Waals surface area (Å²) < 4.78 is 5.97. The largest absolute Gasteiger partial charge is 0.466 e. The van der Waals surface area contributed by atoms with Gasteiger partial charge in [-0.15, -0.1) is 11.3 Å². The van der Waals surface area contributed by atoms with Crippen molar-refractivity contribution in [1.29, 1.82) is 0 Å². The third-order valence-corrected chi connectivity index (χ3v) is 4.80. The highest BCUT2D eigenvalue weighted by atomic mass is 79.9. The molecule has 19 heavy (non-hydrogen) atoms. The molecular formula is C13H16BrNO3S. The van der Waals surface area contributed by atoms with E-state index in [0.717, 1.165) is 8.66 Å². The van der Waals surface area contributed by atoms with Gasteiger partial charge < -0.3 is 9.64 Å². The van der Waals surface area contributed by atoms with E-state index in [9.17, 15) is 9.59 Å². The quantitative estimate of drug-likeness (QED) is 0.791. The molecule has 2 heterocycles. The van der Waals surface area contributed by atoms with Crippen LogP contribution in [0.1, 0.15) is 29.4 Å². The van der Waals surface area contributed by atoms with Crippen LogP contribution in [0.3, 0.4) is 0 Å². The van der Waals surface area contributed by atoms with Crippen molar-refractivity contribution in [1.82, 2.24) is 4.90 Å². The fourth-order valence-corrected chi connectivity index (χ4v) is 3.52. The number of thiophene rings is 1. The molecule has 0 atom stereocenters. The molecule has 1 aromatic heterocycles. The molecule has 1 fully saturated rings. The second-order valence-electron chi connectivity index (χ2n) is 4.42. The molecule has 1 saturated heterocycles. The van der Waals surface area contributed by atoms with Gasteiger partial charge in [0.1, 0.15) is 0 Å². The summed E-state index contributed by atoms with van der Waals surface area (Å²) in [6.07, 6.45) is 1.38. The van der Waals surface area contributed by atoms with Gasteiger partial charge in [-0.25, -0.2) is 0 Å². The molecule has 0 saturated carbocycles. The molecule has 0 bridgehead atoms. The van der Waals surface area contributed by atoms with Crippen molar-refractivity contribution in [2.24, 2.45) is 5.92 Å². The molecule has 104 valence electrons. The lowest BCUT2D eigenvalue weighted by molar-refractivity contribution is -0.149. The van der Waals surface area contributed by atoms with E-state index in [0.29, 0.717) is 32.5 Å². The van der Waals surface area contributed by atoms with Gasteiger partial charge in [0.25, 0.3) is 5.91 Å². The molecule has 0 unspecified atom stereocenters. The van der Waals surface area contributed by atoms with Crippen LogP contribution < -0.4 is 0 Å². The van der Waals surface area contributed by atoms with Crippen LogP contribution in [0.2, 0.25) is 0 Å². The highest BCUT2D eigenvalue weighted by Crippen LogP contribution is 2.25. The molecule has 6 heteroatoms. The number of carbonyl (C=O) groups is 2. The number of likely N-dealkylation sites (tertiary alicyclic amines) is 1. The van der Waals surface area contributed by atoms with E-state index < -0.39 is 0 Å². The number of esters is 1. The molecule has 1 aliphatic rings. The number of ether oxygens (including phenoxy) is 1. The number of amides is 1. The van der Waals surface area contributed by atoms with E-state index in [2.05, 4.69) is 15.9 Å². The minimum Gasteiger partial charge on any atom is -0.466 e. The average Bonchev–Trinajstić information content (AvgIpc) is 2.85. The van der Waals surface area contributed by atoms with Crippen LogP contribution in [0.15, 0.2) is 15.9 Å². The Morgan fingerprint density at radius 3 is 2.63 bits per heavy atom. The van der Waals surface area contributed by atoms with Crippen LogP contribution in [0.5, 0.6) is 0 Å². The van der Waals surface area contributed by atoms with Gasteiger partial charge in [-0.2, -0.15) is 0 Å². The Balaban J connectivity index is 1.89. The zero-order chi connectivity index (χ0) is 13.8. The maximum Gasteiger partial charge on any atom is 0.309 e. The number of nitrogens with zero attached hydrogens (tertiary/aromatic N) is 1. The summed E-state index contributed by atoms with van der Waals surface area (Å²) in [6.45, 7) is 3.47. The van der Waals surface area contributed by atoms with E-state index in [1.165, 1.54) is 11.3 Å². The SMILES string of the molecule is CCOC(=O)C1CCN(C(=O)c2ccc(Br)s2)CC1. The third kappa shape index (κ3) is 3.57. The zero-order valence-corrected chi connectivity index (χ0v) is 13.1. The summed E-state index contributed by atoms with van der Waals surface area (Å²) in [5.74, 6) is -0.134. The van der Waals surface area contributed by atoms with Gasteiger partial charge in [-0.05, 0) is 47.8 Å². The molecular weight excluding hydrogens is 330 g/mol. The maximum atomic E-state index is 12.2. The lowest BCUT2D eigenvalue weighted by Gasteiger charge is -2.30. The van der Waals surface area contributed by atoms with Gasteiger partial charge in [-0.3, -0.25) is 9.59 Å². The van der Waals surface area contributed by atoms with Crippen molar-refractivity contribution in [2.75, 3.05) is 19.7 Å². The predicted octanol–water partition coefficient (Wildman–Crippen LogP) is 2.93. The summed E-state index contributed by atoms with van der Waals surface area (Å²) in [4.78, 5) is 26.4.